The zero-order chi connectivity index (χ0) is 22.7. The van der Waals surface area contributed by atoms with Crippen molar-refractivity contribution in [1.82, 2.24) is 4.98 Å². The van der Waals surface area contributed by atoms with Gasteiger partial charge in [-0.05, 0) is 81.3 Å². The Hall–Kier alpha value is -3.71. The van der Waals surface area contributed by atoms with Crippen LogP contribution in [0.25, 0.3) is 44.3 Å². The molecule has 0 radical (unpaired) electrons. The molecule has 160 valence electrons. The molecule has 0 saturated heterocycles. The van der Waals surface area contributed by atoms with E-state index in [4.69, 9.17) is 4.98 Å². The molecule has 1 nitrogen and oxygen atoms in total. The molecular formula is C32H27N. The Morgan fingerprint density at radius 3 is 2.15 bits per heavy atom. The van der Waals surface area contributed by atoms with E-state index >= 15 is 0 Å². The first-order valence-electron chi connectivity index (χ1n) is 11.7. The Morgan fingerprint density at radius 2 is 1.33 bits per heavy atom. The van der Waals surface area contributed by atoms with Gasteiger partial charge in [0.1, 0.15) is 0 Å². The number of fused-ring (bicyclic) bond motifs is 5. The van der Waals surface area contributed by atoms with Crippen molar-refractivity contribution in [2.45, 2.75) is 33.1 Å². The van der Waals surface area contributed by atoms with Crippen LogP contribution in [-0.2, 0) is 5.41 Å². The van der Waals surface area contributed by atoms with E-state index in [1.807, 2.05) is 6.20 Å². The zero-order valence-corrected chi connectivity index (χ0v) is 19.6. The highest BCUT2D eigenvalue weighted by atomic mass is 14.7. The highest BCUT2D eigenvalue weighted by Crippen LogP contribution is 2.54. The molecule has 1 heterocycles. The molecule has 0 amide bonds. The largest absolute Gasteiger partial charge is 0.256 e. The molecule has 33 heavy (non-hydrogen) atoms. The maximum atomic E-state index is 4.86. The van der Waals surface area contributed by atoms with Crippen LogP contribution in [-0.4, -0.2) is 4.98 Å². The number of hydrogen-bond acceptors (Lipinski definition) is 1. The fourth-order valence-electron chi connectivity index (χ4n) is 5.96. The van der Waals surface area contributed by atoms with E-state index in [9.17, 15) is 0 Å². The number of aryl methyl sites for hydroxylation is 2. The van der Waals surface area contributed by atoms with Crippen LogP contribution in [0.15, 0.2) is 91.1 Å². The smallest absolute Gasteiger partial charge is 0.0711 e. The highest BCUT2D eigenvalue weighted by Gasteiger charge is 2.39. The Kier molecular flexibility index (Phi) is 4.32. The number of rotatable bonds is 2. The minimum atomic E-state index is -0.113. The molecule has 1 aromatic heterocycles. The SMILES string of the molecule is Cc1cccc(C)c1-c1ccnc(-c2cccc3c2C(C)(C)c2c-3ccc3ccccc23)c1. The summed E-state index contributed by atoms with van der Waals surface area (Å²) in [4.78, 5) is 4.86. The summed E-state index contributed by atoms with van der Waals surface area (Å²) >= 11 is 0. The predicted octanol–water partition coefficient (Wildman–Crippen LogP) is 8.49. The number of benzene rings is 4. The van der Waals surface area contributed by atoms with Crippen molar-refractivity contribution in [3.05, 3.63) is 113 Å². The lowest BCUT2D eigenvalue weighted by atomic mass is 9.78. The van der Waals surface area contributed by atoms with E-state index in [2.05, 4.69) is 113 Å². The molecular weight excluding hydrogens is 398 g/mol. The Balaban J connectivity index is 1.59. The van der Waals surface area contributed by atoms with Gasteiger partial charge in [0.25, 0.3) is 0 Å². The summed E-state index contributed by atoms with van der Waals surface area (Å²) in [5.74, 6) is 0. The summed E-state index contributed by atoms with van der Waals surface area (Å²) in [7, 11) is 0. The lowest BCUT2D eigenvalue weighted by molar-refractivity contribution is 0.667. The minimum absolute atomic E-state index is 0.113. The van der Waals surface area contributed by atoms with Crippen LogP contribution in [0.1, 0.15) is 36.1 Å². The molecule has 0 fully saturated rings. The molecule has 5 aromatic rings. The fraction of sp³-hybridized carbons (Fsp3) is 0.156. The van der Waals surface area contributed by atoms with Crippen molar-refractivity contribution >= 4 is 10.8 Å². The van der Waals surface area contributed by atoms with Crippen molar-refractivity contribution in [2.24, 2.45) is 0 Å². The van der Waals surface area contributed by atoms with Crippen LogP contribution in [0.2, 0.25) is 0 Å². The van der Waals surface area contributed by atoms with E-state index in [0.29, 0.717) is 0 Å². The van der Waals surface area contributed by atoms with Crippen molar-refractivity contribution in [1.29, 1.82) is 0 Å². The average Bonchev–Trinajstić information content (AvgIpc) is 3.06. The summed E-state index contributed by atoms with van der Waals surface area (Å²) in [6.07, 6.45) is 1.96. The van der Waals surface area contributed by atoms with E-state index in [1.54, 1.807) is 0 Å². The molecule has 0 N–H and O–H groups in total. The molecule has 1 aliphatic carbocycles. The molecule has 0 aliphatic heterocycles. The maximum Gasteiger partial charge on any atom is 0.0711 e. The van der Waals surface area contributed by atoms with E-state index < -0.39 is 0 Å². The van der Waals surface area contributed by atoms with Gasteiger partial charge in [0.2, 0.25) is 0 Å². The van der Waals surface area contributed by atoms with Gasteiger partial charge >= 0.3 is 0 Å². The third-order valence-corrected chi connectivity index (χ3v) is 7.34. The van der Waals surface area contributed by atoms with Crippen molar-refractivity contribution < 1.29 is 0 Å². The number of hydrogen-bond donors (Lipinski definition) is 0. The first-order chi connectivity index (χ1) is 16.0. The summed E-state index contributed by atoms with van der Waals surface area (Å²) in [5, 5.41) is 2.65. The summed E-state index contributed by atoms with van der Waals surface area (Å²) in [5.41, 5.74) is 12.8. The molecule has 1 aliphatic rings. The number of aromatic nitrogens is 1. The van der Waals surface area contributed by atoms with Crippen LogP contribution in [0.4, 0.5) is 0 Å². The van der Waals surface area contributed by atoms with Crippen LogP contribution in [0, 0.1) is 13.8 Å². The first-order valence-corrected chi connectivity index (χ1v) is 11.7. The van der Waals surface area contributed by atoms with Gasteiger partial charge in [0, 0.05) is 17.2 Å². The molecule has 4 aromatic carbocycles. The Bertz CT molecular complexity index is 1530. The van der Waals surface area contributed by atoms with E-state index in [1.165, 1.54) is 60.8 Å². The molecule has 0 spiro atoms. The molecule has 0 saturated carbocycles. The molecule has 0 bridgehead atoms. The summed E-state index contributed by atoms with van der Waals surface area (Å²) in [6.45, 7) is 9.10. The van der Waals surface area contributed by atoms with Crippen molar-refractivity contribution in [3.8, 4) is 33.5 Å². The molecule has 6 rings (SSSR count). The standard InChI is InChI=1S/C32H27N/c1-20-9-7-10-21(2)29(20)23-17-18-33-28(19-23)27-14-8-13-25-26-16-15-22-11-5-6-12-24(22)30(26)32(3,4)31(25)27/h5-19H,1-4H3. The Morgan fingerprint density at radius 1 is 0.636 bits per heavy atom. The quantitative estimate of drug-likeness (QED) is 0.276. The van der Waals surface area contributed by atoms with Crippen LogP contribution in [0.3, 0.4) is 0 Å². The topological polar surface area (TPSA) is 12.9 Å². The fourth-order valence-corrected chi connectivity index (χ4v) is 5.96. The second kappa shape index (κ2) is 7.15. The van der Waals surface area contributed by atoms with Crippen molar-refractivity contribution in [2.75, 3.05) is 0 Å². The van der Waals surface area contributed by atoms with Gasteiger partial charge in [0.05, 0.1) is 5.69 Å². The van der Waals surface area contributed by atoms with E-state index in [-0.39, 0.29) is 5.41 Å². The second-order valence-corrected chi connectivity index (χ2v) is 9.76. The van der Waals surface area contributed by atoms with Gasteiger partial charge in [-0.1, -0.05) is 86.6 Å². The highest BCUT2D eigenvalue weighted by molar-refractivity contribution is 5.99. The van der Waals surface area contributed by atoms with Gasteiger partial charge in [-0.25, -0.2) is 0 Å². The Labute approximate surface area is 195 Å². The van der Waals surface area contributed by atoms with E-state index in [0.717, 1.165) is 5.69 Å². The third-order valence-electron chi connectivity index (χ3n) is 7.34. The second-order valence-electron chi connectivity index (χ2n) is 9.76. The number of nitrogens with zero attached hydrogens (tertiary/aromatic N) is 1. The van der Waals surface area contributed by atoms with Gasteiger partial charge < -0.3 is 0 Å². The zero-order valence-electron chi connectivity index (χ0n) is 19.6. The maximum absolute atomic E-state index is 4.86. The van der Waals surface area contributed by atoms with Gasteiger partial charge in [0.15, 0.2) is 0 Å². The van der Waals surface area contributed by atoms with Crippen LogP contribution < -0.4 is 0 Å². The molecule has 0 atom stereocenters. The lowest BCUT2D eigenvalue weighted by Crippen LogP contribution is -2.17. The summed E-state index contributed by atoms with van der Waals surface area (Å²) in [6, 6.07) is 30.9. The minimum Gasteiger partial charge on any atom is -0.256 e. The van der Waals surface area contributed by atoms with Gasteiger partial charge in [-0.2, -0.15) is 0 Å². The molecule has 0 unspecified atom stereocenters. The monoisotopic (exact) mass is 425 g/mol. The first kappa shape index (κ1) is 19.9. The third kappa shape index (κ3) is 2.89. The molecule has 1 heteroatoms. The van der Waals surface area contributed by atoms with Crippen molar-refractivity contribution in [3.63, 3.8) is 0 Å². The van der Waals surface area contributed by atoms with Gasteiger partial charge in [-0.15, -0.1) is 0 Å². The van der Waals surface area contributed by atoms with Gasteiger partial charge in [-0.3, -0.25) is 4.98 Å². The number of pyridine rings is 1. The average molecular weight is 426 g/mol. The predicted molar refractivity (Wildman–Crippen MR) is 140 cm³/mol. The van der Waals surface area contributed by atoms with Crippen LogP contribution in [0.5, 0.6) is 0 Å². The summed E-state index contributed by atoms with van der Waals surface area (Å²) < 4.78 is 0. The van der Waals surface area contributed by atoms with Crippen LogP contribution >= 0.6 is 0 Å². The lowest BCUT2D eigenvalue weighted by Gasteiger charge is -2.25. The normalized spacial score (nSPS) is 13.7.